The number of thiocarbonyl (C=S) groups is 1. The Bertz CT molecular complexity index is 781. The third kappa shape index (κ3) is 4.33. The number of aromatic nitrogens is 2. The molecule has 0 saturated carbocycles. The first-order valence-corrected chi connectivity index (χ1v) is 6.79. The Hall–Kier alpha value is -2.32. The van der Waals surface area contributed by atoms with Crippen molar-refractivity contribution in [2.75, 3.05) is 0 Å². The van der Waals surface area contributed by atoms with E-state index < -0.39 is 5.56 Å². The molecule has 6 nitrogen and oxygen atoms in total. The van der Waals surface area contributed by atoms with E-state index >= 15 is 0 Å². The molecular formula is C13H12N4O2S2. The number of aliphatic imine (C=N–C) groups is 1. The highest BCUT2D eigenvalue weighted by molar-refractivity contribution is 7.80. The number of hydrogen-bond donors (Lipinski definition) is 4. The molecule has 0 bridgehead atoms. The highest BCUT2D eigenvalue weighted by Gasteiger charge is 2.04. The van der Waals surface area contributed by atoms with Crippen LogP contribution in [-0.2, 0) is 6.54 Å². The largest absolute Gasteiger partial charge is 0.494 e. The molecule has 108 valence electrons. The lowest BCUT2D eigenvalue weighted by Gasteiger charge is -2.03. The molecule has 0 aliphatic heterocycles. The minimum Gasteiger partial charge on any atom is -0.494 e. The van der Waals surface area contributed by atoms with Gasteiger partial charge in [-0.25, -0.2) is 4.99 Å². The number of nitrogens with one attached hydrogen (secondary N) is 3. The Kier molecular flexibility index (Phi) is 4.96. The van der Waals surface area contributed by atoms with Crippen LogP contribution >= 0.6 is 24.4 Å². The van der Waals surface area contributed by atoms with Crippen LogP contribution < -0.4 is 10.9 Å². The van der Waals surface area contributed by atoms with Gasteiger partial charge in [0, 0.05) is 12.8 Å². The predicted octanol–water partition coefficient (Wildman–Crippen LogP) is 1.63. The van der Waals surface area contributed by atoms with Crippen LogP contribution in [0.25, 0.3) is 0 Å². The first-order chi connectivity index (χ1) is 10.1. The second kappa shape index (κ2) is 6.91. The summed E-state index contributed by atoms with van der Waals surface area (Å²) < 4.78 is 0.0411. The summed E-state index contributed by atoms with van der Waals surface area (Å²) in [4.78, 5) is 20.3. The van der Waals surface area contributed by atoms with E-state index in [0.29, 0.717) is 6.54 Å². The molecule has 2 rings (SSSR count). The molecule has 1 heterocycles. The van der Waals surface area contributed by atoms with E-state index in [-0.39, 0.29) is 21.3 Å². The maximum atomic E-state index is 11.6. The molecule has 1 aromatic heterocycles. The Labute approximate surface area is 130 Å². The van der Waals surface area contributed by atoms with Crippen molar-refractivity contribution in [3.05, 3.63) is 56.6 Å². The monoisotopic (exact) mass is 320 g/mol. The van der Waals surface area contributed by atoms with Gasteiger partial charge in [-0.05, 0) is 30.0 Å². The van der Waals surface area contributed by atoms with E-state index in [2.05, 4.69) is 20.3 Å². The zero-order valence-corrected chi connectivity index (χ0v) is 12.4. The summed E-state index contributed by atoms with van der Waals surface area (Å²) in [6, 6.07) is 9.68. The maximum absolute atomic E-state index is 11.6. The van der Waals surface area contributed by atoms with Crippen molar-refractivity contribution in [1.82, 2.24) is 15.3 Å². The van der Waals surface area contributed by atoms with Crippen molar-refractivity contribution in [2.45, 2.75) is 6.54 Å². The van der Waals surface area contributed by atoms with E-state index in [1.54, 1.807) is 0 Å². The molecule has 2 aromatic rings. The number of benzene rings is 1. The van der Waals surface area contributed by atoms with Crippen LogP contribution in [0.15, 0.2) is 40.1 Å². The lowest BCUT2D eigenvalue weighted by molar-refractivity contribution is 0.449. The van der Waals surface area contributed by atoms with E-state index in [1.165, 1.54) is 6.21 Å². The number of nitrogens with zero attached hydrogens (tertiary/aromatic N) is 1. The Morgan fingerprint density at radius 1 is 1.33 bits per heavy atom. The van der Waals surface area contributed by atoms with E-state index in [1.807, 2.05) is 30.3 Å². The van der Waals surface area contributed by atoms with Crippen LogP contribution in [0.1, 0.15) is 11.1 Å². The van der Waals surface area contributed by atoms with Gasteiger partial charge in [0.25, 0.3) is 5.56 Å². The molecule has 0 fully saturated rings. The molecule has 21 heavy (non-hydrogen) atoms. The summed E-state index contributed by atoms with van der Waals surface area (Å²) in [6.45, 7) is 0.524. The molecular weight excluding hydrogens is 308 g/mol. The molecule has 1 aromatic carbocycles. The smallest absolute Gasteiger partial charge is 0.264 e. The summed E-state index contributed by atoms with van der Waals surface area (Å²) in [6.07, 6.45) is 1.18. The molecule has 0 radical (unpaired) electrons. The van der Waals surface area contributed by atoms with Crippen LogP contribution in [0.5, 0.6) is 5.88 Å². The average Bonchev–Trinajstić information content (AvgIpc) is 2.45. The second-order valence-electron chi connectivity index (χ2n) is 4.07. The zero-order chi connectivity index (χ0) is 15.2. The molecule has 8 heteroatoms. The highest BCUT2D eigenvalue weighted by Crippen LogP contribution is 2.04. The van der Waals surface area contributed by atoms with E-state index in [9.17, 15) is 9.90 Å². The fourth-order valence-electron chi connectivity index (χ4n) is 1.55. The van der Waals surface area contributed by atoms with Crippen molar-refractivity contribution in [3.8, 4) is 5.88 Å². The summed E-state index contributed by atoms with van der Waals surface area (Å²) in [5, 5.41) is 12.7. The molecule has 0 aliphatic carbocycles. The zero-order valence-electron chi connectivity index (χ0n) is 10.8. The van der Waals surface area contributed by atoms with Gasteiger partial charge in [0.2, 0.25) is 5.88 Å². The third-order valence-electron chi connectivity index (χ3n) is 2.56. The minimum absolute atomic E-state index is 0.0348. The van der Waals surface area contributed by atoms with Gasteiger partial charge >= 0.3 is 0 Å². The first-order valence-electron chi connectivity index (χ1n) is 5.97. The number of aromatic hydroxyl groups is 1. The molecule has 0 unspecified atom stereocenters. The van der Waals surface area contributed by atoms with E-state index in [4.69, 9.17) is 24.4 Å². The molecule has 0 saturated heterocycles. The lowest BCUT2D eigenvalue weighted by Crippen LogP contribution is -2.20. The summed E-state index contributed by atoms with van der Waals surface area (Å²) in [5.74, 6) is -0.349. The van der Waals surface area contributed by atoms with E-state index in [0.717, 1.165) is 5.56 Å². The van der Waals surface area contributed by atoms with Crippen molar-refractivity contribution in [1.29, 1.82) is 0 Å². The minimum atomic E-state index is -0.536. The highest BCUT2D eigenvalue weighted by atomic mass is 32.1. The molecule has 0 spiro atoms. The Balaban J connectivity index is 2.03. The van der Waals surface area contributed by atoms with Crippen LogP contribution in [0.3, 0.4) is 0 Å². The van der Waals surface area contributed by atoms with Crippen molar-refractivity contribution in [3.63, 3.8) is 0 Å². The Morgan fingerprint density at radius 3 is 2.71 bits per heavy atom. The first kappa shape index (κ1) is 15.1. The second-order valence-corrected chi connectivity index (χ2v) is 4.87. The van der Waals surface area contributed by atoms with Gasteiger partial charge in [-0.2, -0.15) is 0 Å². The summed E-state index contributed by atoms with van der Waals surface area (Å²) in [7, 11) is 0. The standard InChI is InChI=1S/C13H12N4O2S2/c18-10-9(11(19)17-13(21)16-10)7-15-12(20)14-6-8-4-2-1-3-5-8/h1-5,7H,6H2,(H,14,20)(H3,16,17,18,19,21). The molecule has 0 aliphatic rings. The maximum Gasteiger partial charge on any atom is 0.264 e. The fraction of sp³-hybridized carbons (Fsp3) is 0.0769. The number of hydrogen-bond acceptors (Lipinski definition) is 4. The Morgan fingerprint density at radius 2 is 2.05 bits per heavy atom. The number of H-pyrrole nitrogens is 2. The third-order valence-corrected chi connectivity index (χ3v) is 3.01. The van der Waals surface area contributed by atoms with Crippen LogP contribution in [0.2, 0.25) is 0 Å². The van der Waals surface area contributed by atoms with Gasteiger partial charge in [0.1, 0.15) is 5.56 Å². The van der Waals surface area contributed by atoms with Gasteiger partial charge < -0.3 is 15.4 Å². The summed E-state index contributed by atoms with van der Waals surface area (Å²) in [5.41, 5.74) is 0.484. The topological polar surface area (TPSA) is 93.3 Å². The lowest BCUT2D eigenvalue weighted by atomic mass is 10.2. The normalized spacial score (nSPS) is 10.7. The number of aromatic amines is 2. The van der Waals surface area contributed by atoms with Crippen LogP contribution in [0.4, 0.5) is 0 Å². The fourth-order valence-corrected chi connectivity index (χ4v) is 1.86. The molecule has 0 amide bonds. The van der Waals surface area contributed by atoms with Crippen molar-refractivity contribution in [2.24, 2.45) is 4.99 Å². The van der Waals surface area contributed by atoms with Crippen LogP contribution in [-0.4, -0.2) is 26.4 Å². The van der Waals surface area contributed by atoms with Gasteiger partial charge in [0.15, 0.2) is 9.88 Å². The van der Waals surface area contributed by atoms with Gasteiger partial charge in [0.05, 0.1) is 0 Å². The van der Waals surface area contributed by atoms with Gasteiger partial charge in [-0.3, -0.25) is 9.78 Å². The van der Waals surface area contributed by atoms with Gasteiger partial charge in [-0.1, -0.05) is 30.3 Å². The van der Waals surface area contributed by atoms with Crippen LogP contribution in [0, 0.1) is 4.77 Å². The van der Waals surface area contributed by atoms with Crippen molar-refractivity contribution < 1.29 is 5.11 Å². The quantitative estimate of drug-likeness (QED) is 0.509. The average molecular weight is 320 g/mol. The SMILES string of the molecule is O=c1[nH]c(=S)[nH]c(O)c1C=NC(=S)NCc1ccccc1. The predicted molar refractivity (Wildman–Crippen MR) is 87.4 cm³/mol. The van der Waals surface area contributed by atoms with Crippen molar-refractivity contribution >= 4 is 35.8 Å². The number of rotatable bonds is 3. The summed E-state index contributed by atoms with van der Waals surface area (Å²) >= 11 is 9.76. The van der Waals surface area contributed by atoms with Gasteiger partial charge in [-0.15, -0.1) is 0 Å². The molecule has 4 N–H and O–H groups in total. The molecule has 0 atom stereocenters.